The van der Waals surface area contributed by atoms with Gasteiger partial charge in [-0.3, -0.25) is 9.78 Å². The Labute approximate surface area is 94.7 Å². The lowest BCUT2D eigenvalue weighted by Gasteiger charge is -2.23. The average Bonchev–Trinajstić information content (AvgIpc) is 2.31. The predicted octanol–water partition coefficient (Wildman–Crippen LogP) is 0.267. The number of nitrogens with zero attached hydrogens (tertiary/aromatic N) is 2. The van der Waals surface area contributed by atoms with E-state index in [1.54, 1.807) is 6.20 Å². The molecule has 1 aliphatic rings. The SMILES string of the molecule is Cc1cnc(C(=O)N[C@@H]2CCCNC2)cn1. The summed E-state index contributed by atoms with van der Waals surface area (Å²) in [6.07, 6.45) is 5.25. The summed E-state index contributed by atoms with van der Waals surface area (Å²) < 4.78 is 0. The second-order valence-electron chi connectivity index (χ2n) is 4.06. The Morgan fingerprint density at radius 2 is 2.38 bits per heavy atom. The van der Waals surface area contributed by atoms with E-state index in [4.69, 9.17) is 0 Å². The summed E-state index contributed by atoms with van der Waals surface area (Å²) in [5.74, 6) is -0.138. The number of hydrogen-bond donors (Lipinski definition) is 2. The number of piperidine rings is 1. The molecule has 0 saturated carbocycles. The maximum absolute atomic E-state index is 11.8. The minimum atomic E-state index is -0.138. The number of aryl methyl sites for hydroxylation is 1. The molecule has 2 N–H and O–H groups in total. The first-order valence-electron chi connectivity index (χ1n) is 5.56. The molecule has 1 amide bonds. The quantitative estimate of drug-likeness (QED) is 0.750. The first-order valence-corrected chi connectivity index (χ1v) is 5.56. The summed E-state index contributed by atoms with van der Waals surface area (Å²) in [4.78, 5) is 19.9. The van der Waals surface area contributed by atoms with E-state index in [1.165, 1.54) is 6.20 Å². The molecule has 0 bridgehead atoms. The zero-order valence-corrected chi connectivity index (χ0v) is 9.36. The van der Waals surface area contributed by atoms with Gasteiger partial charge in [-0.2, -0.15) is 0 Å². The van der Waals surface area contributed by atoms with Crippen molar-refractivity contribution >= 4 is 5.91 Å². The number of carbonyl (C=O) groups is 1. The van der Waals surface area contributed by atoms with Crippen molar-refractivity contribution in [2.24, 2.45) is 0 Å². The van der Waals surface area contributed by atoms with Gasteiger partial charge in [-0.05, 0) is 26.3 Å². The number of rotatable bonds is 2. The maximum atomic E-state index is 11.8. The highest BCUT2D eigenvalue weighted by Gasteiger charge is 2.16. The van der Waals surface area contributed by atoms with Crippen LogP contribution < -0.4 is 10.6 Å². The molecule has 1 saturated heterocycles. The highest BCUT2D eigenvalue weighted by Crippen LogP contribution is 2.02. The molecule has 2 heterocycles. The number of aromatic nitrogens is 2. The fraction of sp³-hybridized carbons (Fsp3) is 0.545. The summed E-state index contributed by atoms with van der Waals surface area (Å²) in [6, 6.07) is 0.212. The highest BCUT2D eigenvalue weighted by atomic mass is 16.1. The number of amides is 1. The largest absolute Gasteiger partial charge is 0.347 e. The molecule has 5 nitrogen and oxygen atoms in total. The monoisotopic (exact) mass is 220 g/mol. The van der Waals surface area contributed by atoms with Crippen molar-refractivity contribution in [3.8, 4) is 0 Å². The van der Waals surface area contributed by atoms with Crippen molar-refractivity contribution in [1.29, 1.82) is 0 Å². The number of carbonyl (C=O) groups excluding carboxylic acids is 1. The fourth-order valence-electron chi connectivity index (χ4n) is 1.74. The van der Waals surface area contributed by atoms with Crippen LogP contribution in [0.1, 0.15) is 29.0 Å². The van der Waals surface area contributed by atoms with E-state index in [0.717, 1.165) is 31.6 Å². The summed E-state index contributed by atoms with van der Waals surface area (Å²) in [5.41, 5.74) is 1.20. The zero-order chi connectivity index (χ0) is 11.4. The van der Waals surface area contributed by atoms with Gasteiger partial charge in [0.2, 0.25) is 0 Å². The van der Waals surface area contributed by atoms with Crippen LogP contribution in [0.15, 0.2) is 12.4 Å². The molecule has 0 aromatic carbocycles. The molecule has 86 valence electrons. The van der Waals surface area contributed by atoms with E-state index in [-0.39, 0.29) is 11.9 Å². The van der Waals surface area contributed by atoms with Gasteiger partial charge in [0.15, 0.2) is 0 Å². The van der Waals surface area contributed by atoms with Crippen LogP contribution in [0.3, 0.4) is 0 Å². The van der Waals surface area contributed by atoms with Crippen molar-refractivity contribution in [3.63, 3.8) is 0 Å². The predicted molar refractivity (Wildman–Crippen MR) is 60.1 cm³/mol. The van der Waals surface area contributed by atoms with Crippen molar-refractivity contribution in [2.45, 2.75) is 25.8 Å². The van der Waals surface area contributed by atoms with Gasteiger partial charge in [0.1, 0.15) is 5.69 Å². The standard InChI is InChI=1S/C11H16N4O/c1-8-5-14-10(7-13-8)11(16)15-9-3-2-4-12-6-9/h5,7,9,12H,2-4,6H2,1H3,(H,15,16)/t9-/m1/s1. The molecule has 1 fully saturated rings. The van der Waals surface area contributed by atoms with E-state index in [1.807, 2.05) is 6.92 Å². The van der Waals surface area contributed by atoms with Crippen LogP contribution in [0.2, 0.25) is 0 Å². The van der Waals surface area contributed by atoms with Gasteiger partial charge in [-0.1, -0.05) is 0 Å². The molecule has 1 aromatic heterocycles. The third kappa shape index (κ3) is 2.76. The van der Waals surface area contributed by atoms with Crippen LogP contribution in [0.25, 0.3) is 0 Å². The van der Waals surface area contributed by atoms with E-state index < -0.39 is 0 Å². The molecule has 0 radical (unpaired) electrons. The first kappa shape index (κ1) is 11.0. The third-order valence-electron chi connectivity index (χ3n) is 2.65. The summed E-state index contributed by atoms with van der Waals surface area (Å²) in [6.45, 7) is 3.72. The molecule has 0 aliphatic carbocycles. The molecular weight excluding hydrogens is 204 g/mol. The van der Waals surface area contributed by atoms with Crippen LogP contribution >= 0.6 is 0 Å². The van der Waals surface area contributed by atoms with Gasteiger partial charge >= 0.3 is 0 Å². The lowest BCUT2D eigenvalue weighted by molar-refractivity contribution is 0.0925. The van der Waals surface area contributed by atoms with Gasteiger partial charge in [0.05, 0.1) is 11.9 Å². The van der Waals surface area contributed by atoms with Gasteiger partial charge < -0.3 is 10.6 Å². The Morgan fingerprint density at radius 1 is 1.50 bits per heavy atom. The minimum Gasteiger partial charge on any atom is -0.347 e. The Balaban J connectivity index is 1.94. The topological polar surface area (TPSA) is 66.9 Å². The molecular formula is C11H16N4O. The molecule has 1 aromatic rings. The Morgan fingerprint density at radius 3 is 3.00 bits per heavy atom. The van der Waals surface area contributed by atoms with Crippen molar-refractivity contribution in [1.82, 2.24) is 20.6 Å². The number of nitrogens with one attached hydrogen (secondary N) is 2. The van der Waals surface area contributed by atoms with Crippen LogP contribution in [0.5, 0.6) is 0 Å². The Bertz CT molecular complexity index is 357. The molecule has 16 heavy (non-hydrogen) atoms. The zero-order valence-electron chi connectivity index (χ0n) is 9.36. The number of hydrogen-bond acceptors (Lipinski definition) is 4. The summed E-state index contributed by atoms with van der Waals surface area (Å²) >= 11 is 0. The first-order chi connectivity index (χ1) is 7.75. The maximum Gasteiger partial charge on any atom is 0.271 e. The smallest absolute Gasteiger partial charge is 0.271 e. The van der Waals surface area contributed by atoms with Gasteiger partial charge in [0.25, 0.3) is 5.91 Å². The Hall–Kier alpha value is -1.49. The Kier molecular flexibility index (Phi) is 3.46. The third-order valence-corrected chi connectivity index (χ3v) is 2.65. The van der Waals surface area contributed by atoms with Crippen LogP contribution in [-0.4, -0.2) is 35.0 Å². The van der Waals surface area contributed by atoms with E-state index in [9.17, 15) is 4.79 Å². The molecule has 5 heteroatoms. The molecule has 0 unspecified atom stereocenters. The second-order valence-corrected chi connectivity index (χ2v) is 4.06. The van der Waals surface area contributed by atoms with Gasteiger partial charge in [-0.15, -0.1) is 0 Å². The molecule has 2 rings (SSSR count). The minimum absolute atomic E-state index is 0.138. The van der Waals surface area contributed by atoms with Gasteiger partial charge in [-0.25, -0.2) is 4.98 Å². The normalized spacial score (nSPS) is 20.4. The molecule has 1 aliphatic heterocycles. The second kappa shape index (κ2) is 5.03. The summed E-state index contributed by atoms with van der Waals surface area (Å²) in [7, 11) is 0. The lowest BCUT2D eigenvalue weighted by atomic mass is 10.1. The average molecular weight is 220 g/mol. The van der Waals surface area contributed by atoms with Crippen molar-refractivity contribution in [3.05, 3.63) is 23.8 Å². The van der Waals surface area contributed by atoms with E-state index >= 15 is 0 Å². The van der Waals surface area contributed by atoms with Crippen LogP contribution in [0.4, 0.5) is 0 Å². The molecule has 1 atom stereocenters. The van der Waals surface area contributed by atoms with Crippen LogP contribution in [0, 0.1) is 6.92 Å². The molecule has 0 spiro atoms. The van der Waals surface area contributed by atoms with Crippen molar-refractivity contribution in [2.75, 3.05) is 13.1 Å². The van der Waals surface area contributed by atoms with E-state index in [0.29, 0.717) is 5.69 Å². The summed E-state index contributed by atoms with van der Waals surface area (Å²) in [5, 5.41) is 6.20. The lowest BCUT2D eigenvalue weighted by Crippen LogP contribution is -2.45. The van der Waals surface area contributed by atoms with Crippen molar-refractivity contribution < 1.29 is 4.79 Å². The fourth-order valence-corrected chi connectivity index (χ4v) is 1.74. The highest BCUT2D eigenvalue weighted by molar-refractivity contribution is 5.92. The van der Waals surface area contributed by atoms with Crippen LogP contribution in [-0.2, 0) is 0 Å². The van der Waals surface area contributed by atoms with Gasteiger partial charge in [0, 0.05) is 18.8 Å². The van der Waals surface area contributed by atoms with E-state index in [2.05, 4.69) is 20.6 Å².